The normalized spacial score (nSPS) is 21.2. The second kappa shape index (κ2) is 7.18. The standard InChI is InChI=1S/C22H23FN6O/c1-13-16(10-24)20-26-19(14(2)30)27-29(20)21(18(13)15-8-6-5-7-9-15)28-11-17(23)22(3,12-28)25-4/h5-9,17,25H,11-12H2,1-4H3/t17?,22-/m1/s1. The Morgan fingerprint density at radius 2 is 2.07 bits per heavy atom. The molecule has 0 saturated carbocycles. The van der Waals surface area contributed by atoms with E-state index < -0.39 is 11.7 Å². The lowest BCUT2D eigenvalue weighted by Crippen LogP contribution is -2.48. The summed E-state index contributed by atoms with van der Waals surface area (Å²) in [7, 11) is 1.75. The fourth-order valence-electron chi connectivity index (χ4n) is 4.07. The zero-order valence-electron chi connectivity index (χ0n) is 17.4. The highest BCUT2D eigenvalue weighted by molar-refractivity contribution is 5.92. The zero-order valence-corrected chi connectivity index (χ0v) is 17.4. The van der Waals surface area contributed by atoms with Crippen molar-refractivity contribution in [1.29, 1.82) is 5.26 Å². The van der Waals surface area contributed by atoms with Crippen LogP contribution in [0.25, 0.3) is 16.8 Å². The highest BCUT2D eigenvalue weighted by Crippen LogP contribution is 2.40. The van der Waals surface area contributed by atoms with E-state index in [2.05, 4.69) is 21.5 Å². The second-order valence-corrected chi connectivity index (χ2v) is 7.92. The largest absolute Gasteiger partial charge is 0.351 e. The number of nitriles is 1. The van der Waals surface area contributed by atoms with E-state index in [9.17, 15) is 14.4 Å². The molecule has 2 aromatic heterocycles. The van der Waals surface area contributed by atoms with Crippen molar-refractivity contribution in [2.24, 2.45) is 0 Å². The Balaban J connectivity index is 2.08. The molecule has 2 atom stereocenters. The number of likely N-dealkylation sites (N-methyl/N-ethyl adjacent to an activating group) is 1. The topological polar surface area (TPSA) is 86.3 Å². The highest BCUT2D eigenvalue weighted by atomic mass is 19.1. The molecule has 1 aromatic carbocycles. The molecule has 0 amide bonds. The van der Waals surface area contributed by atoms with E-state index in [1.165, 1.54) is 11.4 Å². The predicted molar refractivity (Wildman–Crippen MR) is 112 cm³/mol. The lowest BCUT2D eigenvalue weighted by molar-refractivity contribution is 0.100. The van der Waals surface area contributed by atoms with E-state index in [-0.39, 0.29) is 18.2 Å². The van der Waals surface area contributed by atoms with Crippen LogP contribution in [0.5, 0.6) is 0 Å². The van der Waals surface area contributed by atoms with Crippen molar-refractivity contribution in [1.82, 2.24) is 19.9 Å². The number of aromatic nitrogens is 3. The number of halogens is 1. The number of pyridine rings is 1. The average Bonchev–Trinajstić information content (AvgIpc) is 3.30. The molecule has 3 aromatic rings. The number of anilines is 1. The van der Waals surface area contributed by atoms with Crippen molar-refractivity contribution < 1.29 is 9.18 Å². The first-order chi connectivity index (χ1) is 14.3. The molecular weight excluding hydrogens is 383 g/mol. The third-order valence-corrected chi connectivity index (χ3v) is 5.96. The number of benzene rings is 1. The summed E-state index contributed by atoms with van der Waals surface area (Å²) in [5.74, 6) is 0.372. The van der Waals surface area contributed by atoms with Crippen LogP contribution in [0.3, 0.4) is 0 Å². The van der Waals surface area contributed by atoms with Crippen LogP contribution >= 0.6 is 0 Å². The third kappa shape index (κ3) is 2.94. The molecule has 1 unspecified atom stereocenters. The van der Waals surface area contributed by atoms with Crippen LogP contribution in [0.4, 0.5) is 10.2 Å². The number of hydrogen-bond donors (Lipinski definition) is 1. The summed E-state index contributed by atoms with van der Waals surface area (Å²) < 4.78 is 16.5. The van der Waals surface area contributed by atoms with Gasteiger partial charge >= 0.3 is 0 Å². The lowest BCUT2D eigenvalue weighted by atomic mass is 9.97. The van der Waals surface area contributed by atoms with Gasteiger partial charge in [0.25, 0.3) is 0 Å². The number of Topliss-reactive ketones (excluding diaryl/α,β-unsaturated/α-hetero) is 1. The van der Waals surface area contributed by atoms with Gasteiger partial charge in [-0.25, -0.2) is 9.37 Å². The minimum Gasteiger partial charge on any atom is -0.351 e. The summed E-state index contributed by atoms with van der Waals surface area (Å²) in [5.41, 5.74) is 2.32. The van der Waals surface area contributed by atoms with Crippen LogP contribution in [-0.2, 0) is 0 Å². The van der Waals surface area contributed by atoms with E-state index >= 15 is 0 Å². The molecule has 1 saturated heterocycles. The van der Waals surface area contributed by atoms with Crippen molar-refractivity contribution in [3.63, 3.8) is 0 Å². The first-order valence-corrected chi connectivity index (χ1v) is 9.78. The second-order valence-electron chi connectivity index (χ2n) is 7.92. The summed E-state index contributed by atoms with van der Waals surface area (Å²) >= 11 is 0. The van der Waals surface area contributed by atoms with Gasteiger partial charge in [0.05, 0.1) is 12.1 Å². The molecule has 1 aliphatic rings. The quantitative estimate of drug-likeness (QED) is 0.671. The predicted octanol–water partition coefficient (Wildman–Crippen LogP) is 2.92. The van der Waals surface area contributed by atoms with Crippen molar-refractivity contribution in [2.45, 2.75) is 32.5 Å². The van der Waals surface area contributed by atoms with Crippen molar-refractivity contribution in [3.8, 4) is 17.2 Å². The van der Waals surface area contributed by atoms with E-state index in [1.54, 1.807) is 7.05 Å². The average molecular weight is 406 g/mol. The Kier molecular flexibility index (Phi) is 4.79. The first-order valence-electron chi connectivity index (χ1n) is 9.78. The van der Waals surface area contributed by atoms with Crippen LogP contribution in [0.2, 0.25) is 0 Å². The van der Waals surface area contributed by atoms with Gasteiger partial charge in [-0.05, 0) is 32.0 Å². The molecule has 154 valence electrons. The van der Waals surface area contributed by atoms with Crippen LogP contribution in [0, 0.1) is 18.3 Å². The molecule has 1 N–H and O–H groups in total. The van der Waals surface area contributed by atoms with Gasteiger partial charge in [-0.2, -0.15) is 9.78 Å². The van der Waals surface area contributed by atoms with Crippen LogP contribution in [0.1, 0.15) is 35.6 Å². The number of alkyl halides is 1. The maximum Gasteiger partial charge on any atom is 0.218 e. The number of rotatable bonds is 4. The first kappa shape index (κ1) is 20.0. The summed E-state index contributed by atoms with van der Waals surface area (Å²) in [5, 5.41) is 17.4. The Morgan fingerprint density at radius 3 is 2.63 bits per heavy atom. The lowest BCUT2D eigenvalue weighted by Gasteiger charge is -2.27. The molecular formula is C22H23FN6O. The van der Waals surface area contributed by atoms with Crippen LogP contribution in [-0.4, -0.2) is 52.2 Å². The fourth-order valence-corrected chi connectivity index (χ4v) is 4.07. The summed E-state index contributed by atoms with van der Waals surface area (Å²) in [6.07, 6.45) is -1.10. The van der Waals surface area contributed by atoms with Crippen LogP contribution < -0.4 is 10.2 Å². The number of nitrogens with one attached hydrogen (secondary N) is 1. The molecule has 0 radical (unpaired) electrons. The molecule has 1 fully saturated rings. The number of hydrogen-bond acceptors (Lipinski definition) is 6. The van der Waals surface area contributed by atoms with E-state index in [0.717, 1.165) is 16.7 Å². The van der Waals surface area contributed by atoms with Gasteiger partial charge in [0.15, 0.2) is 11.4 Å². The van der Waals surface area contributed by atoms with Gasteiger partial charge in [-0.15, -0.1) is 5.10 Å². The highest BCUT2D eigenvalue weighted by Gasteiger charge is 2.44. The monoisotopic (exact) mass is 406 g/mol. The number of fused-ring (bicyclic) bond motifs is 1. The minimum absolute atomic E-state index is 0.0322. The zero-order chi connectivity index (χ0) is 21.6. The molecule has 3 heterocycles. The number of carbonyl (C=O) groups is 1. The molecule has 7 nitrogen and oxygen atoms in total. The van der Waals surface area contributed by atoms with E-state index in [1.807, 2.05) is 49.1 Å². The Labute approximate surface area is 174 Å². The molecule has 0 aliphatic carbocycles. The fraction of sp³-hybridized carbons (Fsp3) is 0.364. The summed E-state index contributed by atoms with van der Waals surface area (Å²) in [4.78, 5) is 18.2. The van der Waals surface area contributed by atoms with Gasteiger partial charge in [0.2, 0.25) is 5.82 Å². The summed E-state index contributed by atoms with van der Waals surface area (Å²) in [6, 6.07) is 11.8. The Hall–Kier alpha value is -3.31. The smallest absolute Gasteiger partial charge is 0.218 e. The number of nitrogens with zero attached hydrogens (tertiary/aromatic N) is 5. The maximum atomic E-state index is 15.0. The van der Waals surface area contributed by atoms with Crippen molar-refractivity contribution >= 4 is 17.2 Å². The molecule has 1 aliphatic heterocycles. The van der Waals surface area contributed by atoms with E-state index in [0.29, 0.717) is 23.6 Å². The molecule has 4 rings (SSSR count). The number of carbonyl (C=O) groups excluding carboxylic acids is 1. The summed E-state index contributed by atoms with van der Waals surface area (Å²) in [6.45, 7) is 5.65. The van der Waals surface area contributed by atoms with Crippen molar-refractivity contribution in [2.75, 3.05) is 25.0 Å². The molecule has 0 bridgehead atoms. The molecule has 30 heavy (non-hydrogen) atoms. The number of ketones is 1. The Bertz CT molecular complexity index is 1180. The van der Waals surface area contributed by atoms with Gasteiger partial charge < -0.3 is 10.2 Å². The van der Waals surface area contributed by atoms with Gasteiger partial charge in [0, 0.05) is 19.0 Å². The van der Waals surface area contributed by atoms with Gasteiger partial charge in [-0.1, -0.05) is 30.3 Å². The SMILES string of the molecule is CN[C@]1(C)CN(c2c(-c3ccccc3)c(C)c(C#N)c3nc(C(C)=O)nn23)CC1F. The Morgan fingerprint density at radius 1 is 1.37 bits per heavy atom. The van der Waals surface area contributed by atoms with Gasteiger partial charge in [-0.3, -0.25) is 4.79 Å². The minimum atomic E-state index is -1.10. The van der Waals surface area contributed by atoms with Crippen molar-refractivity contribution in [3.05, 3.63) is 47.3 Å². The van der Waals surface area contributed by atoms with Gasteiger partial charge in [0.1, 0.15) is 23.6 Å². The van der Waals surface area contributed by atoms with E-state index in [4.69, 9.17) is 0 Å². The van der Waals surface area contributed by atoms with Crippen LogP contribution in [0.15, 0.2) is 30.3 Å². The third-order valence-electron chi connectivity index (χ3n) is 5.96. The maximum absolute atomic E-state index is 15.0. The molecule has 0 spiro atoms. The molecule has 8 heteroatoms.